The summed E-state index contributed by atoms with van der Waals surface area (Å²) < 4.78 is 0. The number of nitrogens with zero attached hydrogens (tertiary/aromatic N) is 1. The number of primary amides is 1. The van der Waals surface area contributed by atoms with Crippen LogP contribution in [-0.2, 0) is 9.59 Å². The highest BCUT2D eigenvalue weighted by Crippen LogP contribution is 2.23. The molecular formula is C14H27N3O2. The Morgan fingerprint density at radius 2 is 2.00 bits per heavy atom. The molecule has 2 amide bonds. The second-order valence-electron chi connectivity index (χ2n) is 5.77. The van der Waals surface area contributed by atoms with Gasteiger partial charge in [0.2, 0.25) is 11.8 Å². The molecule has 1 aliphatic heterocycles. The summed E-state index contributed by atoms with van der Waals surface area (Å²) in [5.41, 5.74) is 10.9. The summed E-state index contributed by atoms with van der Waals surface area (Å²) in [7, 11) is 0. The van der Waals surface area contributed by atoms with Crippen LogP contribution in [0, 0.1) is 11.8 Å². The lowest BCUT2D eigenvalue weighted by molar-refractivity contribution is -0.137. The molecule has 2 atom stereocenters. The molecule has 0 saturated carbocycles. The van der Waals surface area contributed by atoms with Crippen LogP contribution in [0.15, 0.2) is 0 Å². The molecule has 2 unspecified atom stereocenters. The predicted octanol–water partition coefficient (Wildman–Crippen LogP) is 0.864. The summed E-state index contributed by atoms with van der Waals surface area (Å²) in [4.78, 5) is 25.1. The quantitative estimate of drug-likeness (QED) is 0.718. The molecule has 0 aromatic rings. The topological polar surface area (TPSA) is 89.4 Å². The molecule has 0 spiro atoms. The van der Waals surface area contributed by atoms with Gasteiger partial charge in [-0.1, -0.05) is 13.8 Å². The Morgan fingerprint density at radius 3 is 2.53 bits per heavy atom. The van der Waals surface area contributed by atoms with E-state index in [1.54, 1.807) is 4.90 Å². The Balaban J connectivity index is 2.48. The molecule has 1 fully saturated rings. The fraction of sp³-hybridized carbons (Fsp3) is 0.857. The minimum absolute atomic E-state index is 0.0592. The van der Waals surface area contributed by atoms with E-state index in [2.05, 4.69) is 13.8 Å². The zero-order valence-corrected chi connectivity index (χ0v) is 12.1. The summed E-state index contributed by atoms with van der Waals surface area (Å²) in [6.07, 6.45) is 3.86. The fourth-order valence-corrected chi connectivity index (χ4v) is 2.84. The molecule has 0 aromatic carbocycles. The molecule has 1 aliphatic rings. The number of hydrogen-bond acceptors (Lipinski definition) is 3. The molecule has 1 saturated heterocycles. The molecule has 1 heterocycles. The Kier molecular flexibility index (Phi) is 6.28. The first-order chi connectivity index (χ1) is 8.97. The van der Waals surface area contributed by atoms with Crippen LogP contribution in [-0.4, -0.2) is 35.8 Å². The first kappa shape index (κ1) is 16.0. The van der Waals surface area contributed by atoms with Gasteiger partial charge in [-0.25, -0.2) is 0 Å². The van der Waals surface area contributed by atoms with Crippen molar-refractivity contribution in [3.05, 3.63) is 0 Å². The molecule has 0 aromatic heterocycles. The average molecular weight is 269 g/mol. The van der Waals surface area contributed by atoms with Gasteiger partial charge in [0, 0.05) is 13.0 Å². The van der Waals surface area contributed by atoms with Gasteiger partial charge in [0.1, 0.15) is 6.04 Å². The number of rotatable bonds is 7. The van der Waals surface area contributed by atoms with Gasteiger partial charge in [-0.05, 0) is 44.1 Å². The molecule has 5 nitrogen and oxygen atoms in total. The van der Waals surface area contributed by atoms with E-state index in [4.69, 9.17) is 11.5 Å². The van der Waals surface area contributed by atoms with Gasteiger partial charge in [0.05, 0.1) is 0 Å². The summed E-state index contributed by atoms with van der Waals surface area (Å²) in [5, 5.41) is 0. The highest BCUT2D eigenvalue weighted by Gasteiger charge is 2.32. The average Bonchev–Trinajstić information content (AvgIpc) is 2.82. The van der Waals surface area contributed by atoms with Gasteiger partial charge < -0.3 is 16.4 Å². The lowest BCUT2D eigenvalue weighted by atomic mass is 9.88. The van der Waals surface area contributed by atoms with Gasteiger partial charge in [-0.2, -0.15) is 0 Å². The maximum absolute atomic E-state index is 12.2. The van der Waals surface area contributed by atoms with Crippen molar-refractivity contribution in [2.24, 2.45) is 23.3 Å². The monoisotopic (exact) mass is 269 g/mol. The van der Waals surface area contributed by atoms with Gasteiger partial charge in [0.25, 0.3) is 0 Å². The van der Waals surface area contributed by atoms with E-state index in [-0.39, 0.29) is 17.9 Å². The SMILES string of the molecule is CC(C)C(CCN)CCC(=O)N1CCCC1C(N)=O. The summed E-state index contributed by atoms with van der Waals surface area (Å²) in [6, 6.07) is -0.389. The van der Waals surface area contributed by atoms with E-state index >= 15 is 0 Å². The van der Waals surface area contributed by atoms with E-state index in [0.717, 1.165) is 19.3 Å². The molecule has 0 radical (unpaired) electrons. The number of carbonyl (C=O) groups is 2. The molecule has 4 N–H and O–H groups in total. The lowest BCUT2D eigenvalue weighted by Crippen LogP contribution is -2.43. The van der Waals surface area contributed by atoms with Gasteiger partial charge >= 0.3 is 0 Å². The smallest absolute Gasteiger partial charge is 0.240 e. The first-order valence-electron chi connectivity index (χ1n) is 7.26. The number of likely N-dealkylation sites (tertiary alicyclic amines) is 1. The highest BCUT2D eigenvalue weighted by molar-refractivity contribution is 5.87. The van der Waals surface area contributed by atoms with Crippen LogP contribution < -0.4 is 11.5 Å². The molecule has 19 heavy (non-hydrogen) atoms. The van der Waals surface area contributed by atoms with Crippen LogP contribution in [0.3, 0.4) is 0 Å². The molecule has 1 rings (SSSR count). The van der Waals surface area contributed by atoms with Crippen LogP contribution in [0.25, 0.3) is 0 Å². The van der Waals surface area contributed by atoms with Crippen LogP contribution >= 0.6 is 0 Å². The lowest BCUT2D eigenvalue weighted by Gasteiger charge is -2.24. The van der Waals surface area contributed by atoms with E-state index < -0.39 is 0 Å². The van der Waals surface area contributed by atoms with Crippen molar-refractivity contribution in [3.63, 3.8) is 0 Å². The second-order valence-corrected chi connectivity index (χ2v) is 5.77. The Morgan fingerprint density at radius 1 is 1.32 bits per heavy atom. The van der Waals surface area contributed by atoms with E-state index in [1.165, 1.54) is 0 Å². The van der Waals surface area contributed by atoms with E-state index in [1.807, 2.05) is 0 Å². The van der Waals surface area contributed by atoms with Gasteiger partial charge in [0.15, 0.2) is 0 Å². The Hall–Kier alpha value is -1.10. The third-order valence-corrected chi connectivity index (χ3v) is 4.11. The third-order valence-electron chi connectivity index (χ3n) is 4.11. The summed E-state index contributed by atoms with van der Waals surface area (Å²) in [6.45, 7) is 5.64. The van der Waals surface area contributed by atoms with Crippen molar-refractivity contribution in [3.8, 4) is 0 Å². The number of carbonyl (C=O) groups excluding carboxylic acids is 2. The summed E-state index contributed by atoms with van der Waals surface area (Å²) >= 11 is 0. The number of amides is 2. The molecule has 5 heteroatoms. The van der Waals surface area contributed by atoms with Crippen LogP contribution in [0.5, 0.6) is 0 Å². The maximum Gasteiger partial charge on any atom is 0.240 e. The normalized spacial score (nSPS) is 20.8. The maximum atomic E-state index is 12.2. The largest absolute Gasteiger partial charge is 0.368 e. The van der Waals surface area contributed by atoms with Gasteiger partial charge in [-0.3, -0.25) is 9.59 Å². The zero-order chi connectivity index (χ0) is 14.4. The minimum Gasteiger partial charge on any atom is -0.368 e. The van der Waals surface area contributed by atoms with Crippen LogP contribution in [0.2, 0.25) is 0 Å². The van der Waals surface area contributed by atoms with Crippen LogP contribution in [0.1, 0.15) is 46.0 Å². The second kappa shape index (κ2) is 7.48. The minimum atomic E-state index is -0.389. The standard InChI is InChI=1S/C14H27N3O2/c1-10(2)11(7-8-15)5-6-13(18)17-9-3-4-12(17)14(16)19/h10-12H,3-9,15H2,1-2H3,(H2,16,19). The van der Waals surface area contributed by atoms with E-state index in [9.17, 15) is 9.59 Å². The van der Waals surface area contributed by atoms with Crippen molar-refractivity contribution < 1.29 is 9.59 Å². The number of nitrogens with two attached hydrogens (primary N) is 2. The van der Waals surface area contributed by atoms with Crippen LogP contribution in [0.4, 0.5) is 0 Å². The predicted molar refractivity (Wildman–Crippen MR) is 75.2 cm³/mol. The zero-order valence-electron chi connectivity index (χ0n) is 12.1. The van der Waals surface area contributed by atoms with Crippen molar-refractivity contribution in [2.45, 2.75) is 52.0 Å². The Labute approximate surface area is 115 Å². The molecule has 0 bridgehead atoms. The third kappa shape index (κ3) is 4.49. The van der Waals surface area contributed by atoms with Crippen molar-refractivity contribution in [1.29, 1.82) is 0 Å². The van der Waals surface area contributed by atoms with Crippen molar-refractivity contribution >= 4 is 11.8 Å². The molecule has 0 aliphatic carbocycles. The van der Waals surface area contributed by atoms with Crippen molar-refractivity contribution in [1.82, 2.24) is 4.90 Å². The number of hydrogen-bond donors (Lipinski definition) is 2. The van der Waals surface area contributed by atoms with Gasteiger partial charge in [-0.15, -0.1) is 0 Å². The summed E-state index contributed by atoms with van der Waals surface area (Å²) in [5.74, 6) is 0.683. The Bertz CT molecular complexity index is 318. The first-order valence-corrected chi connectivity index (χ1v) is 7.26. The fourth-order valence-electron chi connectivity index (χ4n) is 2.84. The van der Waals surface area contributed by atoms with Crippen molar-refractivity contribution in [2.75, 3.05) is 13.1 Å². The molecular weight excluding hydrogens is 242 g/mol. The highest BCUT2D eigenvalue weighted by atomic mass is 16.2. The van der Waals surface area contributed by atoms with E-state index in [0.29, 0.717) is 37.8 Å². The molecule has 110 valence electrons.